The van der Waals surface area contributed by atoms with E-state index in [-0.39, 0.29) is 11.9 Å². The summed E-state index contributed by atoms with van der Waals surface area (Å²) in [4.78, 5) is 13.7. The van der Waals surface area contributed by atoms with Gasteiger partial charge in [-0.2, -0.15) is 0 Å². The fourth-order valence-corrected chi connectivity index (χ4v) is 1.86. The Morgan fingerprint density at radius 1 is 1.67 bits per heavy atom. The maximum Gasteiger partial charge on any atom is 0.258 e. The second kappa shape index (κ2) is 5.35. The Morgan fingerprint density at radius 2 is 2.33 bits per heavy atom. The molecule has 1 aromatic heterocycles. The van der Waals surface area contributed by atoms with Crippen LogP contribution in [0, 0.1) is 0 Å². The molecule has 0 saturated heterocycles. The minimum absolute atomic E-state index is 0.00317. The van der Waals surface area contributed by atoms with Gasteiger partial charge in [0.15, 0.2) is 4.67 Å². The largest absolute Gasteiger partial charge is 0.457 e. The maximum atomic E-state index is 12.0. The molecule has 0 N–H and O–H groups in total. The van der Waals surface area contributed by atoms with Gasteiger partial charge in [0.2, 0.25) is 0 Å². The van der Waals surface area contributed by atoms with Gasteiger partial charge in [-0.1, -0.05) is 13.3 Å². The molecule has 1 heterocycles. The fraction of sp³-hybridized carbons (Fsp3) is 0.545. The molecule has 1 aromatic rings. The highest BCUT2D eigenvalue weighted by atomic mass is 79.9. The van der Waals surface area contributed by atoms with Crippen molar-refractivity contribution in [2.24, 2.45) is 0 Å². The van der Waals surface area contributed by atoms with Crippen LogP contribution < -0.4 is 0 Å². The zero-order valence-electron chi connectivity index (χ0n) is 9.29. The average Bonchev–Trinajstić information content (AvgIpc) is 2.62. The van der Waals surface area contributed by atoms with Gasteiger partial charge in [-0.15, -0.1) is 0 Å². The molecule has 3 nitrogen and oxygen atoms in total. The number of hydrogen-bond acceptors (Lipinski definition) is 2. The van der Waals surface area contributed by atoms with Crippen LogP contribution in [0.3, 0.4) is 0 Å². The first-order valence-corrected chi connectivity index (χ1v) is 5.87. The monoisotopic (exact) mass is 273 g/mol. The van der Waals surface area contributed by atoms with E-state index in [0.29, 0.717) is 10.2 Å². The van der Waals surface area contributed by atoms with Gasteiger partial charge in [0.05, 0.1) is 11.8 Å². The molecule has 0 spiro atoms. The smallest absolute Gasteiger partial charge is 0.258 e. The van der Waals surface area contributed by atoms with Crippen molar-refractivity contribution in [1.29, 1.82) is 0 Å². The summed E-state index contributed by atoms with van der Waals surface area (Å²) in [6, 6.07) is 1.94. The first-order valence-electron chi connectivity index (χ1n) is 5.08. The van der Waals surface area contributed by atoms with Gasteiger partial charge >= 0.3 is 0 Å². The van der Waals surface area contributed by atoms with E-state index in [1.54, 1.807) is 11.0 Å². The van der Waals surface area contributed by atoms with Crippen LogP contribution in [-0.2, 0) is 0 Å². The second-order valence-electron chi connectivity index (χ2n) is 3.66. The Hall–Kier alpha value is -0.770. The van der Waals surface area contributed by atoms with Crippen LogP contribution in [0.5, 0.6) is 0 Å². The van der Waals surface area contributed by atoms with Crippen molar-refractivity contribution in [3.8, 4) is 0 Å². The van der Waals surface area contributed by atoms with E-state index in [2.05, 4.69) is 29.8 Å². The third-order valence-electron chi connectivity index (χ3n) is 2.54. The van der Waals surface area contributed by atoms with Crippen LogP contribution in [0.2, 0.25) is 0 Å². The highest BCUT2D eigenvalue weighted by Crippen LogP contribution is 2.20. The summed E-state index contributed by atoms with van der Waals surface area (Å²) < 4.78 is 5.55. The Morgan fingerprint density at radius 3 is 2.80 bits per heavy atom. The standard InChI is InChI=1S/C11H16BrNO2/c1-4-5-8(2)13(3)11(14)9-6-7-15-10(9)12/h6-8H,4-5H2,1-3H3. The lowest BCUT2D eigenvalue weighted by Crippen LogP contribution is -2.34. The van der Waals surface area contributed by atoms with Crippen molar-refractivity contribution in [2.45, 2.75) is 32.7 Å². The summed E-state index contributed by atoms with van der Waals surface area (Å²) in [5.41, 5.74) is 0.584. The number of hydrogen-bond donors (Lipinski definition) is 0. The molecule has 0 aliphatic carbocycles. The van der Waals surface area contributed by atoms with Crippen molar-refractivity contribution in [3.63, 3.8) is 0 Å². The van der Waals surface area contributed by atoms with Crippen LogP contribution in [0.4, 0.5) is 0 Å². The minimum Gasteiger partial charge on any atom is -0.457 e. The fourth-order valence-electron chi connectivity index (χ4n) is 1.45. The molecule has 15 heavy (non-hydrogen) atoms. The molecule has 0 radical (unpaired) electrons. The maximum absolute atomic E-state index is 12.0. The molecule has 4 heteroatoms. The van der Waals surface area contributed by atoms with Gasteiger partial charge in [0.1, 0.15) is 0 Å². The molecule has 1 amide bonds. The topological polar surface area (TPSA) is 33.5 Å². The molecular weight excluding hydrogens is 258 g/mol. The number of nitrogens with zero attached hydrogens (tertiary/aromatic N) is 1. The molecule has 1 atom stereocenters. The van der Waals surface area contributed by atoms with Crippen molar-refractivity contribution < 1.29 is 9.21 Å². The van der Waals surface area contributed by atoms with Crippen molar-refractivity contribution in [3.05, 3.63) is 22.6 Å². The SMILES string of the molecule is CCCC(C)N(C)C(=O)c1ccoc1Br. The normalized spacial score (nSPS) is 12.5. The number of furan rings is 1. The van der Waals surface area contributed by atoms with E-state index >= 15 is 0 Å². The number of carbonyl (C=O) groups is 1. The summed E-state index contributed by atoms with van der Waals surface area (Å²) in [6.07, 6.45) is 3.60. The molecule has 0 fully saturated rings. The Labute approximate surface area is 98.6 Å². The minimum atomic E-state index is -0.00317. The van der Waals surface area contributed by atoms with Crippen LogP contribution in [0.1, 0.15) is 37.0 Å². The summed E-state index contributed by atoms with van der Waals surface area (Å²) in [6.45, 7) is 4.16. The third-order valence-corrected chi connectivity index (χ3v) is 3.15. The first kappa shape index (κ1) is 12.3. The lowest BCUT2D eigenvalue weighted by atomic mass is 10.1. The second-order valence-corrected chi connectivity index (χ2v) is 4.38. The quantitative estimate of drug-likeness (QED) is 0.844. The predicted molar refractivity (Wildman–Crippen MR) is 62.9 cm³/mol. The van der Waals surface area contributed by atoms with Crippen molar-refractivity contribution in [1.82, 2.24) is 4.90 Å². The third kappa shape index (κ3) is 2.84. The van der Waals surface area contributed by atoms with E-state index in [9.17, 15) is 4.79 Å². The zero-order chi connectivity index (χ0) is 11.4. The number of amides is 1. The van der Waals surface area contributed by atoms with Gasteiger partial charge < -0.3 is 9.32 Å². The molecule has 0 saturated carbocycles. The molecule has 0 bridgehead atoms. The van der Waals surface area contributed by atoms with E-state index < -0.39 is 0 Å². The molecule has 1 rings (SSSR count). The molecule has 1 unspecified atom stereocenters. The summed E-state index contributed by atoms with van der Waals surface area (Å²) in [5.74, 6) is -0.00317. The van der Waals surface area contributed by atoms with Crippen LogP contribution in [-0.4, -0.2) is 23.9 Å². The molecule has 0 aromatic carbocycles. The molecule has 84 valence electrons. The van der Waals surface area contributed by atoms with Gasteiger partial charge in [-0.25, -0.2) is 0 Å². The lowest BCUT2D eigenvalue weighted by molar-refractivity contribution is 0.0735. The van der Waals surface area contributed by atoms with Gasteiger partial charge in [0, 0.05) is 13.1 Å². The van der Waals surface area contributed by atoms with Crippen LogP contribution in [0.25, 0.3) is 0 Å². The number of halogens is 1. The lowest BCUT2D eigenvalue weighted by Gasteiger charge is -2.24. The Bertz CT molecular complexity index is 335. The van der Waals surface area contributed by atoms with Crippen LogP contribution >= 0.6 is 15.9 Å². The van der Waals surface area contributed by atoms with E-state index in [1.807, 2.05) is 7.05 Å². The van der Waals surface area contributed by atoms with Crippen molar-refractivity contribution >= 4 is 21.8 Å². The highest BCUT2D eigenvalue weighted by Gasteiger charge is 2.20. The van der Waals surface area contributed by atoms with E-state index in [0.717, 1.165) is 12.8 Å². The summed E-state index contributed by atoms with van der Waals surface area (Å²) in [5, 5.41) is 0. The summed E-state index contributed by atoms with van der Waals surface area (Å²) in [7, 11) is 1.82. The molecule has 0 aliphatic rings. The van der Waals surface area contributed by atoms with E-state index in [4.69, 9.17) is 4.42 Å². The van der Waals surface area contributed by atoms with E-state index in [1.165, 1.54) is 6.26 Å². The Balaban J connectivity index is 2.73. The molecular formula is C11H16BrNO2. The number of carbonyl (C=O) groups excluding carboxylic acids is 1. The van der Waals surface area contributed by atoms with Crippen molar-refractivity contribution in [2.75, 3.05) is 7.05 Å². The number of rotatable bonds is 4. The van der Waals surface area contributed by atoms with Gasteiger partial charge in [-0.3, -0.25) is 4.79 Å². The average molecular weight is 274 g/mol. The van der Waals surface area contributed by atoms with Gasteiger partial charge in [-0.05, 0) is 35.3 Å². The highest BCUT2D eigenvalue weighted by molar-refractivity contribution is 9.10. The van der Waals surface area contributed by atoms with Gasteiger partial charge in [0.25, 0.3) is 5.91 Å². The predicted octanol–water partition coefficient (Wildman–Crippen LogP) is 3.30. The van der Waals surface area contributed by atoms with Crippen LogP contribution in [0.15, 0.2) is 21.4 Å². The summed E-state index contributed by atoms with van der Waals surface area (Å²) >= 11 is 3.21. The zero-order valence-corrected chi connectivity index (χ0v) is 10.9. The Kier molecular flexibility index (Phi) is 4.39. The first-order chi connectivity index (χ1) is 7.07. The molecule has 0 aliphatic heterocycles.